The quantitative estimate of drug-likeness (QED) is 0.406. The van der Waals surface area contributed by atoms with Crippen molar-refractivity contribution < 1.29 is 19.1 Å². The molecule has 0 saturated carbocycles. The Hall–Kier alpha value is -2.22. The van der Waals surface area contributed by atoms with Crippen LogP contribution < -0.4 is 10.6 Å². The molecule has 0 heterocycles. The van der Waals surface area contributed by atoms with Crippen molar-refractivity contribution in [3.63, 3.8) is 0 Å². The minimum absolute atomic E-state index is 0.0439. The molecule has 198 valence electrons. The van der Waals surface area contributed by atoms with Crippen LogP contribution in [0.15, 0.2) is 18.2 Å². The van der Waals surface area contributed by atoms with Gasteiger partial charge in [-0.15, -0.1) is 0 Å². The number of aryl methyl sites for hydroxylation is 2. The maximum absolute atomic E-state index is 14.0. The zero-order chi connectivity index (χ0) is 27.1. The fourth-order valence-corrected chi connectivity index (χ4v) is 4.17. The fraction of sp³-hybridized carbons (Fsp3) is 0.667. The number of amides is 3. The molecule has 3 amide bonds. The second-order valence-corrected chi connectivity index (χ2v) is 11.6. The SMILES string of the molecule is CCCC(C)NC(=O)C(c1cc(C)ccc1C)N(C(=O)C(CS)NC(=O)OC(C)(C)C)C(C)(C)C. The highest BCUT2D eigenvalue weighted by Gasteiger charge is 2.42. The molecule has 1 aromatic rings. The molecule has 7 nitrogen and oxygen atoms in total. The van der Waals surface area contributed by atoms with Crippen LogP contribution in [0.5, 0.6) is 0 Å². The van der Waals surface area contributed by atoms with Gasteiger partial charge < -0.3 is 20.3 Å². The minimum atomic E-state index is -0.971. The third-order valence-electron chi connectivity index (χ3n) is 5.48. The molecule has 0 aliphatic rings. The van der Waals surface area contributed by atoms with E-state index in [-0.39, 0.29) is 17.7 Å². The predicted molar refractivity (Wildman–Crippen MR) is 145 cm³/mol. The van der Waals surface area contributed by atoms with Crippen molar-refractivity contribution in [2.45, 2.75) is 111 Å². The smallest absolute Gasteiger partial charge is 0.408 e. The zero-order valence-corrected chi connectivity index (χ0v) is 24.0. The van der Waals surface area contributed by atoms with Crippen molar-refractivity contribution in [2.75, 3.05) is 5.75 Å². The maximum atomic E-state index is 14.0. The number of nitrogens with zero attached hydrogens (tertiary/aromatic N) is 1. The third kappa shape index (κ3) is 9.39. The minimum Gasteiger partial charge on any atom is -0.444 e. The van der Waals surface area contributed by atoms with Gasteiger partial charge in [-0.25, -0.2) is 4.79 Å². The number of benzene rings is 1. The van der Waals surface area contributed by atoms with Crippen LogP contribution in [-0.2, 0) is 14.3 Å². The number of nitrogens with one attached hydrogen (secondary N) is 2. The van der Waals surface area contributed by atoms with E-state index in [1.165, 1.54) is 0 Å². The second kappa shape index (κ2) is 12.7. The highest BCUT2D eigenvalue weighted by Crippen LogP contribution is 2.32. The first-order valence-corrected chi connectivity index (χ1v) is 13.0. The molecule has 0 saturated heterocycles. The topological polar surface area (TPSA) is 87.7 Å². The molecule has 0 aromatic heterocycles. The lowest BCUT2D eigenvalue weighted by Gasteiger charge is -2.43. The normalized spacial score (nSPS) is 14.5. The molecule has 0 bridgehead atoms. The van der Waals surface area contributed by atoms with Gasteiger partial charge in [0.15, 0.2) is 0 Å². The number of rotatable bonds is 9. The molecule has 0 aliphatic heterocycles. The molecule has 8 heteroatoms. The van der Waals surface area contributed by atoms with Gasteiger partial charge in [-0.05, 0) is 79.9 Å². The largest absolute Gasteiger partial charge is 0.444 e. The van der Waals surface area contributed by atoms with E-state index in [1.54, 1.807) is 25.7 Å². The van der Waals surface area contributed by atoms with E-state index in [9.17, 15) is 14.4 Å². The van der Waals surface area contributed by atoms with Crippen LogP contribution in [0.2, 0.25) is 0 Å². The van der Waals surface area contributed by atoms with Crippen molar-refractivity contribution in [1.29, 1.82) is 0 Å². The molecule has 0 spiro atoms. The first-order chi connectivity index (χ1) is 16.0. The highest BCUT2D eigenvalue weighted by molar-refractivity contribution is 7.80. The van der Waals surface area contributed by atoms with E-state index >= 15 is 0 Å². The van der Waals surface area contributed by atoms with Crippen molar-refractivity contribution in [3.8, 4) is 0 Å². The van der Waals surface area contributed by atoms with Gasteiger partial charge >= 0.3 is 6.09 Å². The van der Waals surface area contributed by atoms with Crippen molar-refractivity contribution in [1.82, 2.24) is 15.5 Å². The predicted octanol–water partition coefficient (Wildman–Crippen LogP) is 5.10. The lowest BCUT2D eigenvalue weighted by molar-refractivity contribution is -0.148. The molecule has 0 aliphatic carbocycles. The monoisotopic (exact) mass is 507 g/mol. The number of carbonyl (C=O) groups is 3. The molecule has 0 radical (unpaired) electrons. The van der Waals surface area contributed by atoms with Crippen molar-refractivity contribution >= 4 is 30.5 Å². The first-order valence-electron chi connectivity index (χ1n) is 12.3. The summed E-state index contributed by atoms with van der Waals surface area (Å²) < 4.78 is 5.36. The van der Waals surface area contributed by atoms with Crippen molar-refractivity contribution in [2.24, 2.45) is 0 Å². The summed E-state index contributed by atoms with van der Waals surface area (Å²) in [7, 11) is 0. The van der Waals surface area contributed by atoms with E-state index in [1.807, 2.05) is 59.7 Å². The van der Waals surface area contributed by atoms with Gasteiger partial charge in [0.1, 0.15) is 17.7 Å². The van der Waals surface area contributed by atoms with Gasteiger partial charge in [0.05, 0.1) is 0 Å². The summed E-state index contributed by atoms with van der Waals surface area (Å²) in [5.41, 5.74) is 1.20. The third-order valence-corrected chi connectivity index (χ3v) is 5.84. The van der Waals surface area contributed by atoms with E-state index < -0.39 is 35.2 Å². The van der Waals surface area contributed by atoms with Gasteiger partial charge in [-0.2, -0.15) is 12.6 Å². The summed E-state index contributed by atoms with van der Waals surface area (Å²) in [5.74, 6) is -0.599. The van der Waals surface area contributed by atoms with Crippen LogP contribution in [0.25, 0.3) is 0 Å². The van der Waals surface area contributed by atoms with E-state index in [0.717, 1.165) is 29.5 Å². The number of alkyl carbamates (subject to hydrolysis) is 1. The summed E-state index contributed by atoms with van der Waals surface area (Å²) in [6.07, 6.45) is 1.05. The van der Waals surface area contributed by atoms with Crippen LogP contribution >= 0.6 is 12.6 Å². The summed E-state index contributed by atoms with van der Waals surface area (Å²) in [6, 6.07) is 3.99. The lowest BCUT2D eigenvalue weighted by Crippen LogP contribution is -2.59. The van der Waals surface area contributed by atoms with E-state index in [0.29, 0.717) is 0 Å². The number of carbonyl (C=O) groups excluding carboxylic acids is 3. The van der Waals surface area contributed by atoms with E-state index in [2.05, 4.69) is 30.2 Å². The maximum Gasteiger partial charge on any atom is 0.408 e. The number of ether oxygens (including phenoxy) is 1. The Bertz CT molecular complexity index is 889. The van der Waals surface area contributed by atoms with Gasteiger partial charge in [0.2, 0.25) is 11.8 Å². The summed E-state index contributed by atoms with van der Waals surface area (Å²) in [4.78, 5) is 41.8. The Morgan fingerprint density at radius 3 is 2.14 bits per heavy atom. The Morgan fingerprint density at radius 1 is 1.06 bits per heavy atom. The van der Waals surface area contributed by atoms with Gasteiger partial charge in [-0.3, -0.25) is 9.59 Å². The van der Waals surface area contributed by atoms with Crippen LogP contribution in [0, 0.1) is 13.8 Å². The van der Waals surface area contributed by atoms with Crippen LogP contribution in [-0.4, -0.2) is 51.8 Å². The Labute approximate surface area is 217 Å². The molecular formula is C27H45N3O4S. The number of thiol groups is 1. The lowest BCUT2D eigenvalue weighted by atomic mass is 9.92. The summed E-state index contributed by atoms with van der Waals surface area (Å²) in [6.45, 7) is 18.8. The molecule has 1 aromatic carbocycles. The molecule has 3 unspecified atom stereocenters. The van der Waals surface area contributed by atoms with Gasteiger partial charge in [-0.1, -0.05) is 37.1 Å². The number of hydrogen-bond donors (Lipinski definition) is 3. The molecule has 1 rings (SSSR count). The molecule has 3 atom stereocenters. The highest BCUT2D eigenvalue weighted by atomic mass is 32.1. The molecular weight excluding hydrogens is 462 g/mol. The van der Waals surface area contributed by atoms with Crippen LogP contribution in [0.4, 0.5) is 4.79 Å². The van der Waals surface area contributed by atoms with E-state index in [4.69, 9.17) is 4.74 Å². The van der Waals surface area contributed by atoms with Crippen molar-refractivity contribution in [3.05, 3.63) is 34.9 Å². The number of hydrogen-bond acceptors (Lipinski definition) is 5. The molecule has 0 fully saturated rings. The van der Waals surface area contributed by atoms with Gasteiger partial charge in [0.25, 0.3) is 0 Å². The molecule has 2 N–H and O–H groups in total. The Balaban J connectivity index is 3.56. The second-order valence-electron chi connectivity index (χ2n) is 11.2. The average Bonchev–Trinajstić information content (AvgIpc) is 2.69. The Kier molecular flexibility index (Phi) is 11.1. The average molecular weight is 508 g/mol. The zero-order valence-electron chi connectivity index (χ0n) is 23.1. The van der Waals surface area contributed by atoms with Gasteiger partial charge in [0, 0.05) is 17.3 Å². The standard InChI is InChI=1S/C27H45N3O4S/c1-11-12-19(4)28-23(31)22(20-15-17(2)13-14-18(20)3)30(26(5,6)7)24(32)21(16-35)29-25(33)34-27(8,9)10/h13-15,19,21-22,35H,11-12,16H2,1-10H3,(H,28,31)(H,29,33). The molecule has 35 heavy (non-hydrogen) atoms. The fourth-order valence-electron chi connectivity index (χ4n) is 3.93. The van der Waals surface area contributed by atoms with Crippen LogP contribution in [0.3, 0.4) is 0 Å². The summed E-state index contributed by atoms with van der Waals surface area (Å²) >= 11 is 4.34. The first kappa shape index (κ1) is 30.8. The van der Waals surface area contributed by atoms with Crippen LogP contribution in [0.1, 0.15) is 91.0 Å². The summed E-state index contributed by atoms with van der Waals surface area (Å²) in [5, 5.41) is 5.75. The Morgan fingerprint density at radius 2 is 1.66 bits per heavy atom.